The molecule has 1 N–H and O–H groups in total. The van der Waals surface area contributed by atoms with E-state index in [9.17, 15) is 13.6 Å². The Hall–Kier alpha value is -1.75. The molecule has 0 aromatic heterocycles. The molecular formula is C15H12BrF2NO. The van der Waals surface area contributed by atoms with Crippen molar-refractivity contribution >= 4 is 21.8 Å². The minimum atomic E-state index is -0.547. The number of benzene rings is 2. The lowest BCUT2D eigenvalue weighted by Gasteiger charge is -2.08. The van der Waals surface area contributed by atoms with Crippen molar-refractivity contribution in [2.24, 2.45) is 0 Å². The molecule has 0 heterocycles. The Balaban J connectivity index is 2.10. The predicted molar refractivity (Wildman–Crippen MR) is 76.4 cm³/mol. The summed E-state index contributed by atoms with van der Waals surface area (Å²) in [6.07, 6.45) is 0. The number of halogens is 3. The molecule has 1 amide bonds. The van der Waals surface area contributed by atoms with Crippen molar-refractivity contribution in [3.63, 3.8) is 0 Å². The van der Waals surface area contributed by atoms with E-state index in [0.717, 1.165) is 23.8 Å². The molecule has 0 aliphatic heterocycles. The van der Waals surface area contributed by atoms with E-state index >= 15 is 0 Å². The number of amides is 1. The first-order chi connectivity index (χ1) is 9.47. The number of hydrogen-bond acceptors (Lipinski definition) is 1. The third kappa shape index (κ3) is 3.42. The monoisotopic (exact) mass is 339 g/mol. The molecule has 20 heavy (non-hydrogen) atoms. The first-order valence-corrected chi connectivity index (χ1v) is 6.75. The second-order valence-electron chi connectivity index (χ2n) is 4.40. The van der Waals surface area contributed by atoms with Crippen molar-refractivity contribution in [1.82, 2.24) is 5.32 Å². The molecule has 2 rings (SSSR count). The normalized spacial score (nSPS) is 10.4. The van der Waals surface area contributed by atoms with E-state index in [1.165, 1.54) is 0 Å². The largest absolute Gasteiger partial charge is 0.348 e. The summed E-state index contributed by atoms with van der Waals surface area (Å²) in [7, 11) is 0. The highest BCUT2D eigenvalue weighted by Crippen LogP contribution is 2.18. The number of carbonyl (C=O) groups excluding carboxylic acids is 1. The van der Waals surface area contributed by atoms with Crippen molar-refractivity contribution in [3.8, 4) is 0 Å². The lowest BCUT2D eigenvalue weighted by Crippen LogP contribution is -2.23. The lowest BCUT2D eigenvalue weighted by molar-refractivity contribution is 0.0950. The van der Waals surface area contributed by atoms with Gasteiger partial charge in [0.2, 0.25) is 0 Å². The molecule has 0 spiro atoms. The van der Waals surface area contributed by atoms with Crippen molar-refractivity contribution in [1.29, 1.82) is 0 Å². The van der Waals surface area contributed by atoms with Crippen molar-refractivity contribution in [2.45, 2.75) is 13.5 Å². The zero-order chi connectivity index (χ0) is 14.7. The van der Waals surface area contributed by atoms with Crippen LogP contribution in [-0.2, 0) is 6.54 Å². The molecule has 2 aromatic carbocycles. The SMILES string of the molecule is Cc1ccc(C(=O)NCc2cc(F)ccc2F)c(Br)c1. The predicted octanol–water partition coefficient (Wildman–Crippen LogP) is 3.97. The number of aryl methyl sites for hydroxylation is 1. The Kier molecular flexibility index (Phi) is 4.49. The van der Waals surface area contributed by atoms with Crippen LogP contribution in [0.3, 0.4) is 0 Å². The van der Waals surface area contributed by atoms with E-state index in [4.69, 9.17) is 0 Å². The minimum Gasteiger partial charge on any atom is -0.348 e. The number of nitrogens with one attached hydrogen (secondary N) is 1. The average Bonchev–Trinajstić information content (AvgIpc) is 2.39. The Morgan fingerprint density at radius 2 is 1.95 bits per heavy atom. The summed E-state index contributed by atoms with van der Waals surface area (Å²) >= 11 is 3.31. The fraction of sp³-hybridized carbons (Fsp3) is 0.133. The summed E-state index contributed by atoms with van der Waals surface area (Å²) in [4.78, 5) is 12.0. The summed E-state index contributed by atoms with van der Waals surface area (Å²) in [5.74, 6) is -1.43. The van der Waals surface area contributed by atoms with Crippen molar-refractivity contribution < 1.29 is 13.6 Å². The molecule has 0 atom stereocenters. The van der Waals surface area contributed by atoms with Crippen LogP contribution in [-0.4, -0.2) is 5.91 Å². The van der Waals surface area contributed by atoms with Crippen LogP contribution in [0.1, 0.15) is 21.5 Å². The van der Waals surface area contributed by atoms with Crippen LogP contribution < -0.4 is 5.32 Å². The molecule has 0 aliphatic rings. The topological polar surface area (TPSA) is 29.1 Å². The highest BCUT2D eigenvalue weighted by molar-refractivity contribution is 9.10. The molecule has 0 unspecified atom stereocenters. The van der Waals surface area contributed by atoms with E-state index in [2.05, 4.69) is 21.2 Å². The zero-order valence-corrected chi connectivity index (χ0v) is 12.3. The maximum atomic E-state index is 13.4. The maximum absolute atomic E-state index is 13.4. The van der Waals surface area contributed by atoms with Gasteiger partial charge in [-0.05, 0) is 58.7 Å². The fourth-order valence-corrected chi connectivity index (χ4v) is 2.43. The summed E-state index contributed by atoms with van der Waals surface area (Å²) in [6, 6.07) is 8.45. The molecule has 0 saturated heterocycles. The van der Waals surface area contributed by atoms with Gasteiger partial charge < -0.3 is 5.32 Å². The van der Waals surface area contributed by atoms with Crippen LogP contribution in [0.15, 0.2) is 40.9 Å². The van der Waals surface area contributed by atoms with Gasteiger partial charge in [0, 0.05) is 16.6 Å². The van der Waals surface area contributed by atoms with Crippen LogP contribution in [0.2, 0.25) is 0 Å². The van der Waals surface area contributed by atoms with Gasteiger partial charge in [0.05, 0.1) is 5.56 Å². The third-order valence-corrected chi connectivity index (χ3v) is 3.47. The molecule has 0 radical (unpaired) electrons. The van der Waals surface area contributed by atoms with E-state index < -0.39 is 11.6 Å². The summed E-state index contributed by atoms with van der Waals surface area (Å²) in [5.41, 5.74) is 1.58. The molecule has 0 aliphatic carbocycles. The van der Waals surface area contributed by atoms with E-state index in [0.29, 0.717) is 10.0 Å². The number of hydrogen-bond donors (Lipinski definition) is 1. The molecule has 0 bridgehead atoms. The van der Waals surface area contributed by atoms with Crippen molar-refractivity contribution in [2.75, 3.05) is 0 Å². The van der Waals surface area contributed by atoms with Crippen molar-refractivity contribution in [3.05, 3.63) is 69.2 Å². The average molecular weight is 340 g/mol. The molecule has 0 saturated carbocycles. The number of carbonyl (C=O) groups is 1. The Morgan fingerprint density at radius 1 is 1.20 bits per heavy atom. The first kappa shape index (κ1) is 14.7. The Morgan fingerprint density at radius 3 is 2.65 bits per heavy atom. The third-order valence-electron chi connectivity index (χ3n) is 2.82. The molecule has 104 valence electrons. The van der Waals surface area contributed by atoms with Crippen LogP contribution in [0, 0.1) is 18.6 Å². The quantitative estimate of drug-likeness (QED) is 0.900. The smallest absolute Gasteiger partial charge is 0.252 e. The lowest BCUT2D eigenvalue weighted by atomic mass is 10.1. The van der Waals surface area contributed by atoms with Crippen LogP contribution in [0.25, 0.3) is 0 Å². The van der Waals surface area contributed by atoms with E-state index in [1.54, 1.807) is 6.07 Å². The zero-order valence-electron chi connectivity index (χ0n) is 10.7. The van der Waals surface area contributed by atoms with Gasteiger partial charge in [-0.3, -0.25) is 4.79 Å². The molecule has 0 fully saturated rings. The molecular weight excluding hydrogens is 328 g/mol. The Bertz CT molecular complexity index is 658. The van der Waals surface area contributed by atoms with Gasteiger partial charge in [-0.25, -0.2) is 8.78 Å². The van der Waals surface area contributed by atoms with Gasteiger partial charge in [-0.1, -0.05) is 6.07 Å². The second kappa shape index (κ2) is 6.13. The van der Waals surface area contributed by atoms with E-state index in [1.807, 2.05) is 19.1 Å². The van der Waals surface area contributed by atoms with Gasteiger partial charge >= 0.3 is 0 Å². The Labute approximate surface area is 123 Å². The molecule has 5 heteroatoms. The summed E-state index contributed by atoms with van der Waals surface area (Å²) < 4.78 is 27.1. The van der Waals surface area contributed by atoms with Gasteiger partial charge in [-0.2, -0.15) is 0 Å². The van der Waals surface area contributed by atoms with E-state index in [-0.39, 0.29) is 18.0 Å². The molecule has 2 aromatic rings. The van der Waals surface area contributed by atoms with Gasteiger partial charge in [0.15, 0.2) is 0 Å². The van der Waals surface area contributed by atoms with Gasteiger partial charge in [-0.15, -0.1) is 0 Å². The second-order valence-corrected chi connectivity index (χ2v) is 5.26. The summed E-state index contributed by atoms with van der Waals surface area (Å²) in [6.45, 7) is 1.84. The minimum absolute atomic E-state index is 0.0667. The van der Waals surface area contributed by atoms with Gasteiger partial charge in [0.1, 0.15) is 11.6 Å². The van der Waals surface area contributed by atoms with Crippen LogP contribution in [0.4, 0.5) is 8.78 Å². The standard InChI is InChI=1S/C15H12BrF2NO/c1-9-2-4-12(13(16)6-9)15(20)19-8-10-7-11(17)3-5-14(10)18/h2-7H,8H2,1H3,(H,19,20). The van der Waals surface area contributed by atoms with Crippen LogP contribution >= 0.6 is 15.9 Å². The first-order valence-electron chi connectivity index (χ1n) is 5.95. The van der Waals surface area contributed by atoms with Crippen LogP contribution in [0.5, 0.6) is 0 Å². The highest BCUT2D eigenvalue weighted by atomic mass is 79.9. The fourth-order valence-electron chi connectivity index (χ4n) is 1.75. The summed E-state index contributed by atoms with van der Waals surface area (Å²) in [5, 5.41) is 2.57. The van der Waals surface area contributed by atoms with Gasteiger partial charge in [0.25, 0.3) is 5.91 Å². The number of rotatable bonds is 3. The highest BCUT2D eigenvalue weighted by Gasteiger charge is 2.11. The molecule has 2 nitrogen and oxygen atoms in total. The maximum Gasteiger partial charge on any atom is 0.252 e.